The fourth-order valence-corrected chi connectivity index (χ4v) is 0.497. The number of nitrogens with two attached hydrogens (primary N) is 1. The van der Waals surface area contributed by atoms with Crippen molar-refractivity contribution in [3.8, 4) is 0 Å². The lowest BCUT2D eigenvalue weighted by Crippen LogP contribution is -2.32. The topological polar surface area (TPSA) is 38.0 Å². The molecule has 50 valence electrons. The molecule has 0 rings (SSSR count). The molecule has 0 atom stereocenters. The highest BCUT2D eigenvalue weighted by atomic mass is 35.6. The van der Waals surface area contributed by atoms with Gasteiger partial charge in [0, 0.05) is 13.1 Å². The normalized spacial score (nSPS) is 12.0. The molecule has 2 nitrogen and oxygen atoms in total. The summed E-state index contributed by atoms with van der Waals surface area (Å²) in [5.74, 6) is 0. The molecular weight excluding hydrogens is 170 g/mol. The molecule has 0 aliphatic rings. The van der Waals surface area contributed by atoms with Crippen molar-refractivity contribution < 1.29 is 0 Å². The Morgan fingerprint density at radius 1 is 1.38 bits per heavy atom. The average Bonchev–Trinajstić information content (AvgIpc) is 1.59. The van der Waals surface area contributed by atoms with E-state index in [0.29, 0.717) is 13.1 Å². The Bertz CT molecular complexity index is 60.0. The van der Waals surface area contributed by atoms with Crippen molar-refractivity contribution in [2.75, 3.05) is 13.1 Å². The minimum absolute atomic E-state index is 0.466. The number of hydrogen-bond donors (Lipinski definition) is 2. The van der Waals surface area contributed by atoms with Crippen molar-refractivity contribution >= 4 is 34.8 Å². The van der Waals surface area contributed by atoms with Gasteiger partial charge in [0.05, 0.1) is 0 Å². The van der Waals surface area contributed by atoms with Crippen LogP contribution < -0.4 is 11.1 Å². The number of alkyl halides is 3. The first-order valence-corrected chi connectivity index (χ1v) is 3.21. The van der Waals surface area contributed by atoms with Crippen LogP contribution in [0.25, 0.3) is 0 Å². The molecule has 0 aromatic rings. The molecule has 0 heterocycles. The average molecular weight is 177 g/mol. The third-order valence-corrected chi connectivity index (χ3v) is 0.871. The van der Waals surface area contributed by atoms with Crippen molar-refractivity contribution in [1.29, 1.82) is 0 Å². The van der Waals surface area contributed by atoms with Crippen molar-refractivity contribution in [1.82, 2.24) is 5.32 Å². The first kappa shape index (κ1) is 8.79. The van der Waals surface area contributed by atoms with E-state index in [1.54, 1.807) is 0 Å². The standard InChI is InChI=1S/C3H7Cl3N2/c4-3(5,6)8-2-1-7/h8H,1-2,7H2. The lowest BCUT2D eigenvalue weighted by atomic mass is 10.7. The van der Waals surface area contributed by atoms with Gasteiger partial charge >= 0.3 is 0 Å². The van der Waals surface area contributed by atoms with E-state index in [2.05, 4.69) is 5.32 Å². The van der Waals surface area contributed by atoms with E-state index in [0.717, 1.165) is 0 Å². The summed E-state index contributed by atoms with van der Waals surface area (Å²) in [5.41, 5.74) is 5.10. The molecule has 0 aliphatic carbocycles. The van der Waals surface area contributed by atoms with E-state index in [1.165, 1.54) is 0 Å². The van der Waals surface area contributed by atoms with Crippen LogP contribution in [0.15, 0.2) is 0 Å². The van der Waals surface area contributed by atoms with Crippen molar-refractivity contribution in [3.63, 3.8) is 0 Å². The Labute approximate surface area is 63.3 Å². The van der Waals surface area contributed by atoms with E-state index < -0.39 is 3.92 Å². The monoisotopic (exact) mass is 176 g/mol. The SMILES string of the molecule is NCCNC(Cl)(Cl)Cl. The first-order valence-electron chi connectivity index (χ1n) is 2.08. The maximum absolute atomic E-state index is 5.28. The lowest BCUT2D eigenvalue weighted by Gasteiger charge is -2.10. The van der Waals surface area contributed by atoms with Crippen LogP contribution in [0.4, 0.5) is 0 Å². The van der Waals surface area contributed by atoms with Gasteiger partial charge in [-0.2, -0.15) is 0 Å². The zero-order valence-corrected chi connectivity index (χ0v) is 6.39. The lowest BCUT2D eigenvalue weighted by molar-refractivity contribution is 0.717. The smallest absolute Gasteiger partial charge is 0.245 e. The molecule has 0 unspecified atom stereocenters. The van der Waals surface area contributed by atoms with Gasteiger partial charge in [0.15, 0.2) is 0 Å². The second kappa shape index (κ2) is 3.75. The van der Waals surface area contributed by atoms with Crippen LogP contribution >= 0.6 is 34.8 Å². The summed E-state index contributed by atoms with van der Waals surface area (Å²) in [6.45, 7) is 0.977. The van der Waals surface area contributed by atoms with Crippen molar-refractivity contribution in [3.05, 3.63) is 0 Å². The molecule has 0 bridgehead atoms. The number of nitrogens with one attached hydrogen (secondary N) is 1. The van der Waals surface area contributed by atoms with Crippen LogP contribution in [0.3, 0.4) is 0 Å². The Balaban J connectivity index is 3.11. The Morgan fingerprint density at radius 3 is 2.00 bits per heavy atom. The fourth-order valence-electron chi connectivity index (χ4n) is 0.214. The number of hydrogen-bond acceptors (Lipinski definition) is 2. The van der Waals surface area contributed by atoms with E-state index in [9.17, 15) is 0 Å². The number of rotatable bonds is 2. The highest BCUT2D eigenvalue weighted by molar-refractivity contribution is 6.67. The van der Waals surface area contributed by atoms with Gasteiger partial charge in [-0.15, -0.1) is 0 Å². The molecule has 5 heteroatoms. The third-order valence-electron chi connectivity index (χ3n) is 0.470. The zero-order chi connectivity index (χ0) is 6.62. The Morgan fingerprint density at radius 2 is 1.88 bits per heavy atom. The summed E-state index contributed by atoms with van der Waals surface area (Å²) in [5, 5.41) is 2.54. The summed E-state index contributed by atoms with van der Waals surface area (Å²) in [7, 11) is 0. The van der Waals surface area contributed by atoms with E-state index >= 15 is 0 Å². The third kappa shape index (κ3) is 6.79. The molecule has 8 heavy (non-hydrogen) atoms. The van der Waals surface area contributed by atoms with Crippen LogP contribution in [0.5, 0.6) is 0 Å². The maximum atomic E-state index is 5.28. The molecule has 0 aromatic heterocycles. The molecule has 0 aromatic carbocycles. The van der Waals surface area contributed by atoms with Gasteiger partial charge in [0.2, 0.25) is 3.92 Å². The van der Waals surface area contributed by atoms with Crippen LogP contribution in [0.2, 0.25) is 0 Å². The molecule has 0 amide bonds. The minimum Gasteiger partial charge on any atom is -0.329 e. The highest BCUT2D eigenvalue weighted by Crippen LogP contribution is 2.20. The van der Waals surface area contributed by atoms with Gasteiger partial charge in [-0.3, -0.25) is 5.32 Å². The van der Waals surface area contributed by atoms with E-state index in [4.69, 9.17) is 40.5 Å². The summed E-state index contributed by atoms with van der Waals surface area (Å²) in [6.07, 6.45) is 0. The Kier molecular flexibility index (Phi) is 4.12. The first-order chi connectivity index (χ1) is 3.56. The molecule has 0 spiro atoms. The molecule has 3 N–H and O–H groups in total. The predicted molar refractivity (Wildman–Crippen MR) is 37.3 cm³/mol. The predicted octanol–water partition coefficient (Wildman–Crippen LogP) is 0.862. The van der Waals surface area contributed by atoms with E-state index in [1.807, 2.05) is 0 Å². The van der Waals surface area contributed by atoms with Crippen LogP contribution in [0.1, 0.15) is 0 Å². The van der Waals surface area contributed by atoms with E-state index in [-0.39, 0.29) is 0 Å². The maximum Gasteiger partial charge on any atom is 0.245 e. The second-order valence-corrected chi connectivity index (χ2v) is 3.49. The molecular formula is C3H7Cl3N2. The zero-order valence-electron chi connectivity index (χ0n) is 4.13. The minimum atomic E-state index is -1.36. The van der Waals surface area contributed by atoms with Crippen molar-refractivity contribution in [2.45, 2.75) is 3.92 Å². The Hall–Kier alpha value is 0.790. The largest absolute Gasteiger partial charge is 0.329 e. The van der Waals surface area contributed by atoms with Gasteiger partial charge in [0.25, 0.3) is 0 Å². The summed E-state index contributed by atoms with van der Waals surface area (Å²) >= 11 is 15.8. The van der Waals surface area contributed by atoms with Gasteiger partial charge < -0.3 is 5.73 Å². The quantitative estimate of drug-likeness (QED) is 0.485. The van der Waals surface area contributed by atoms with Crippen molar-refractivity contribution in [2.24, 2.45) is 5.73 Å². The summed E-state index contributed by atoms with van der Waals surface area (Å²) < 4.78 is -1.36. The molecule has 0 saturated carbocycles. The van der Waals surface area contributed by atoms with Crippen LogP contribution in [0, 0.1) is 0 Å². The van der Waals surface area contributed by atoms with Crippen LogP contribution in [-0.2, 0) is 0 Å². The number of halogens is 3. The van der Waals surface area contributed by atoms with Crippen LogP contribution in [-0.4, -0.2) is 17.0 Å². The van der Waals surface area contributed by atoms with Gasteiger partial charge in [-0.05, 0) is 0 Å². The highest BCUT2D eigenvalue weighted by Gasteiger charge is 2.16. The summed E-state index contributed by atoms with van der Waals surface area (Å²) in [4.78, 5) is 0. The summed E-state index contributed by atoms with van der Waals surface area (Å²) in [6, 6.07) is 0. The van der Waals surface area contributed by atoms with Gasteiger partial charge in [0.1, 0.15) is 0 Å². The molecule has 0 fully saturated rings. The van der Waals surface area contributed by atoms with Gasteiger partial charge in [-0.25, -0.2) is 0 Å². The fraction of sp³-hybridized carbons (Fsp3) is 1.00. The van der Waals surface area contributed by atoms with Gasteiger partial charge in [-0.1, -0.05) is 34.8 Å². The molecule has 0 aliphatic heterocycles. The molecule has 0 radical (unpaired) electrons. The second-order valence-electron chi connectivity index (χ2n) is 1.21. The molecule has 0 saturated heterocycles.